The van der Waals surface area contributed by atoms with E-state index in [-0.39, 0.29) is 5.91 Å². The highest BCUT2D eigenvalue weighted by Gasteiger charge is 2.14. The zero-order chi connectivity index (χ0) is 15.2. The van der Waals surface area contributed by atoms with E-state index in [1.54, 1.807) is 18.5 Å². The van der Waals surface area contributed by atoms with Gasteiger partial charge in [0.25, 0.3) is 0 Å². The van der Waals surface area contributed by atoms with Crippen molar-refractivity contribution in [3.63, 3.8) is 0 Å². The van der Waals surface area contributed by atoms with Crippen molar-refractivity contribution in [2.75, 3.05) is 5.32 Å². The number of carbonyl (C=O) groups excluding carboxylic acids is 1. The van der Waals surface area contributed by atoms with Crippen molar-refractivity contribution in [2.24, 2.45) is 5.92 Å². The van der Waals surface area contributed by atoms with E-state index in [0.29, 0.717) is 29.7 Å². The van der Waals surface area contributed by atoms with E-state index >= 15 is 0 Å². The Morgan fingerprint density at radius 1 is 1.36 bits per heavy atom. The molecule has 0 saturated heterocycles. The van der Waals surface area contributed by atoms with Gasteiger partial charge in [-0.3, -0.25) is 9.78 Å². The molecule has 22 heavy (non-hydrogen) atoms. The van der Waals surface area contributed by atoms with E-state index in [9.17, 15) is 4.79 Å². The van der Waals surface area contributed by atoms with Gasteiger partial charge in [0, 0.05) is 30.6 Å². The summed E-state index contributed by atoms with van der Waals surface area (Å²) in [6.07, 6.45) is 11.6. The molecule has 1 N–H and O–H groups in total. The Hall–Kier alpha value is -2.69. The highest BCUT2D eigenvalue weighted by molar-refractivity contribution is 5.91. The summed E-state index contributed by atoms with van der Waals surface area (Å²) in [6.45, 7) is 0. The smallest absolute Gasteiger partial charge is 0.237 e. The molecule has 1 aromatic heterocycles. The summed E-state index contributed by atoms with van der Waals surface area (Å²) in [5.41, 5.74) is 0.716. The number of nitrogens with zero attached hydrogens (tertiary/aromatic N) is 2. The van der Waals surface area contributed by atoms with Gasteiger partial charge in [-0.05, 0) is 30.9 Å². The van der Waals surface area contributed by atoms with Crippen molar-refractivity contribution < 1.29 is 9.53 Å². The Morgan fingerprint density at radius 3 is 3.09 bits per heavy atom. The van der Waals surface area contributed by atoms with Crippen LogP contribution >= 0.6 is 0 Å². The van der Waals surface area contributed by atoms with Crippen molar-refractivity contribution in [3.05, 3.63) is 55.0 Å². The maximum absolute atomic E-state index is 12.0. The highest BCUT2D eigenvalue weighted by Crippen LogP contribution is 2.24. The van der Waals surface area contributed by atoms with Crippen LogP contribution < -0.4 is 10.1 Å². The maximum atomic E-state index is 12.0. The van der Waals surface area contributed by atoms with Gasteiger partial charge in [0.2, 0.25) is 11.8 Å². The summed E-state index contributed by atoms with van der Waals surface area (Å²) < 4.78 is 5.60. The Bertz CT molecular complexity index is 671. The first-order valence-electron chi connectivity index (χ1n) is 7.30. The predicted molar refractivity (Wildman–Crippen MR) is 83.7 cm³/mol. The van der Waals surface area contributed by atoms with Crippen LogP contribution in [-0.4, -0.2) is 15.9 Å². The van der Waals surface area contributed by atoms with Crippen LogP contribution in [0, 0.1) is 5.92 Å². The minimum Gasteiger partial charge on any atom is -0.437 e. The molecular formula is C17H17N3O2. The van der Waals surface area contributed by atoms with E-state index < -0.39 is 0 Å². The first-order chi connectivity index (χ1) is 10.8. The summed E-state index contributed by atoms with van der Waals surface area (Å²) in [4.78, 5) is 20.0. The molecule has 3 rings (SSSR count). The number of carbonyl (C=O) groups is 1. The molecule has 1 heterocycles. The molecule has 5 nitrogen and oxygen atoms in total. The van der Waals surface area contributed by atoms with Gasteiger partial charge in [0.1, 0.15) is 5.75 Å². The second-order valence-electron chi connectivity index (χ2n) is 5.19. The third-order valence-electron chi connectivity index (χ3n) is 3.44. The maximum Gasteiger partial charge on any atom is 0.237 e. The Balaban J connectivity index is 1.61. The Kier molecular flexibility index (Phi) is 4.44. The van der Waals surface area contributed by atoms with Crippen LogP contribution in [0.25, 0.3) is 0 Å². The van der Waals surface area contributed by atoms with E-state index in [1.807, 2.05) is 18.2 Å². The standard InChI is InChI=1S/C17H17N3O2/c21-16(10-13-4-1-2-5-13)20-14-6-3-7-15(11-14)22-17-12-18-8-9-19-17/h1,3-4,6-9,11-13H,2,5,10H2,(H,20,21)/t13-/m1/s1. The van der Waals surface area contributed by atoms with E-state index in [2.05, 4.69) is 27.4 Å². The van der Waals surface area contributed by atoms with Gasteiger partial charge in [-0.2, -0.15) is 0 Å². The summed E-state index contributed by atoms with van der Waals surface area (Å²) in [5, 5.41) is 2.91. The molecule has 1 aliphatic carbocycles. The molecule has 1 atom stereocenters. The largest absolute Gasteiger partial charge is 0.437 e. The molecule has 0 unspecified atom stereocenters. The highest BCUT2D eigenvalue weighted by atomic mass is 16.5. The number of allylic oxidation sites excluding steroid dienone is 2. The third kappa shape index (κ3) is 3.91. The number of aromatic nitrogens is 2. The van der Waals surface area contributed by atoms with Gasteiger partial charge in [0.15, 0.2) is 0 Å². The molecule has 0 bridgehead atoms. The Morgan fingerprint density at radius 2 is 2.32 bits per heavy atom. The molecule has 112 valence electrons. The molecule has 0 radical (unpaired) electrons. The number of nitrogens with one attached hydrogen (secondary N) is 1. The molecule has 0 aliphatic heterocycles. The minimum atomic E-state index is 0.0215. The summed E-state index contributed by atoms with van der Waals surface area (Å²) in [5.74, 6) is 1.41. The van der Waals surface area contributed by atoms with Crippen molar-refractivity contribution >= 4 is 11.6 Å². The Labute approximate surface area is 129 Å². The number of hydrogen-bond donors (Lipinski definition) is 1. The van der Waals surface area contributed by atoms with Crippen molar-refractivity contribution in [2.45, 2.75) is 19.3 Å². The minimum absolute atomic E-state index is 0.0215. The van der Waals surface area contributed by atoms with Crippen LogP contribution in [0.4, 0.5) is 5.69 Å². The van der Waals surface area contributed by atoms with Gasteiger partial charge in [0.05, 0.1) is 6.20 Å². The average molecular weight is 295 g/mol. The normalized spacial score (nSPS) is 16.5. The van der Waals surface area contributed by atoms with E-state index in [1.165, 1.54) is 6.20 Å². The summed E-state index contributed by atoms with van der Waals surface area (Å²) >= 11 is 0. The third-order valence-corrected chi connectivity index (χ3v) is 3.44. The molecule has 1 aromatic carbocycles. The average Bonchev–Trinajstić information content (AvgIpc) is 3.01. The molecule has 0 spiro atoms. The van der Waals surface area contributed by atoms with Crippen molar-refractivity contribution in [3.8, 4) is 11.6 Å². The second kappa shape index (κ2) is 6.85. The van der Waals surface area contributed by atoms with Crippen LogP contribution in [0.1, 0.15) is 19.3 Å². The molecule has 1 aliphatic rings. The zero-order valence-electron chi connectivity index (χ0n) is 12.1. The van der Waals surface area contributed by atoms with Crippen LogP contribution in [0.5, 0.6) is 11.6 Å². The zero-order valence-corrected chi connectivity index (χ0v) is 12.1. The first kappa shape index (κ1) is 14.3. The van der Waals surface area contributed by atoms with Crippen LogP contribution in [-0.2, 0) is 4.79 Å². The first-order valence-corrected chi connectivity index (χ1v) is 7.30. The predicted octanol–water partition coefficient (Wildman–Crippen LogP) is 3.56. The summed E-state index contributed by atoms with van der Waals surface area (Å²) in [7, 11) is 0. The van der Waals surface area contributed by atoms with Crippen molar-refractivity contribution in [1.82, 2.24) is 9.97 Å². The van der Waals surface area contributed by atoms with Gasteiger partial charge in [-0.1, -0.05) is 18.2 Å². The van der Waals surface area contributed by atoms with E-state index in [0.717, 1.165) is 12.8 Å². The van der Waals surface area contributed by atoms with Crippen molar-refractivity contribution in [1.29, 1.82) is 0 Å². The molecule has 0 fully saturated rings. The number of hydrogen-bond acceptors (Lipinski definition) is 4. The number of anilines is 1. The molecule has 0 saturated carbocycles. The number of rotatable bonds is 5. The van der Waals surface area contributed by atoms with E-state index in [4.69, 9.17) is 4.74 Å². The lowest BCUT2D eigenvalue weighted by Crippen LogP contribution is -2.14. The fraction of sp³-hybridized carbons (Fsp3) is 0.235. The SMILES string of the molecule is O=C(C[C@@H]1C=CCC1)Nc1cccc(Oc2cnccn2)c1. The lowest BCUT2D eigenvalue weighted by molar-refractivity contribution is -0.116. The monoisotopic (exact) mass is 295 g/mol. The van der Waals surface area contributed by atoms with Crippen LogP contribution in [0.2, 0.25) is 0 Å². The summed E-state index contributed by atoms with van der Waals surface area (Å²) in [6, 6.07) is 7.25. The molecule has 1 amide bonds. The lowest BCUT2D eigenvalue weighted by Gasteiger charge is -2.10. The fourth-order valence-corrected chi connectivity index (χ4v) is 2.41. The van der Waals surface area contributed by atoms with Gasteiger partial charge in [-0.25, -0.2) is 4.98 Å². The molecular weight excluding hydrogens is 278 g/mol. The van der Waals surface area contributed by atoms with Gasteiger partial charge in [-0.15, -0.1) is 0 Å². The lowest BCUT2D eigenvalue weighted by atomic mass is 10.1. The number of benzene rings is 1. The topological polar surface area (TPSA) is 64.1 Å². The number of ether oxygens (including phenoxy) is 1. The van der Waals surface area contributed by atoms with Crippen LogP contribution in [0.15, 0.2) is 55.0 Å². The fourth-order valence-electron chi connectivity index (χ4n) is 2.41. The van der Waals surface area contributed by atoms with Gasteiger partial charge >= 0.3 is 0 Å². The quantitative estimate of drug-likeness (QED) is 0.857. The number of amides is 1. The molecule has 5 heteroatoms. The van der Waals surface area contributed by atoms with Crippen LogP contribution in [0.3, 0.4) is 0 Å². The second-order valence-corrected chi connectivity index (χ2v) is 5.19. The van der Waals surface area contributed by atoms with Gasteiger partial charge < -0.3 is 10.1 Å². The molecule has 2 aromatic rings.